The van der Waals surface area contributed by atoms with Crippen molar-refractivity contribution in [1.82, 2.24) is 4.72 Å². The minimum absolute atomic E-state index is 0.0901. The Hall–Kier alpha value is -1.47. The summed E-state index contributed by atoms with van der Waals surface area (Å²) in [5.74, 6) is 0.626. The molecule has 0 heterocycles. The number of amides is 1. The molecular formula is C9H10ClNO5S. The standard InChI is InChI=1S/C9H10ClNO5S/c10-17(13,14)11-9(12)16-7-6-15-8-4-2-1-3-5-8/h1-5H,6-7H2,(H,11,12). The van der Waals surface area contributed by atoms with Gasteiger partial charge in [0.05, 0.1) is 0 Å². The summed E-state index contributed by atoms with van der Waals surface area (Å²) in [5.41, 5.74) is 0. The van der Waals surface area contributed by atoms with Crippen molar-refractivity contribution in [2.24, 2.45) is 0 Å². The number of rotatable bonds is 5. The second kappa shape index (κ2) is 6.31. The van der Waals surface area contributed by atoms with Crippen LogP contribution < -0.4 is 9.46 Å². The summed E-state index contributed by atoms with van der Waals surface area (Å²) >= 11 is 0. The maximum Gasteiger partial charge on any atom is 0.421 e. The number of ether oxygens (including phenoxy) is 2. The average Bonchev–Trinajstić information content (AvgIpc) is 2.23. The van der Waals surface area contributed by atoms with Gasteiger partial charge in [0, 0.05) is 10.7 Å². The van der Waals surface area contributed by atoms with Crippen LogP contribution >= 0.6 is 10.7 Å². The molecule has 0 aliphatic carbocycles. The fourth-order valence-electron chi connectivity index (χ4n) is 0.940. The Morgan fingerprint density at radius 1 is 1.24 bits per heavy atom. The van der Waals surface area contributed by atoms with Crippen LogP contribution in [-0.2, 0) is 14.0 Å². The van der Waals surface area contributed by atoms with E-state index in [-0.39, 0.29) is 13.2 Å². The first kappa shape index (κ1) is 13.6. The van der Waals surface area contributed by atoms with E-state index in [0.29, 0.717) is 5.75 Å². The highest BCUT2D eigenvalue weighted by Gasteiger charge is 2.10. The molecule has 0 unspecified atom stereocenters. The first-order valence-corrected chi connectivity index (χ1v) is 6.85. The third-order valence-corrected chi connectivity index (χ3v) is 2.18. The minimum Gasteiger partial charge on any atom is -0.490 e. The van der Waals surface area contributed by atoms with Crippen molar-refractivity contribution < 1.29 is 22.7 Å². The van der Waals surface area contributed by atoms with Crippen LogP contribution in [0.2, 0.25) is 0 Å². The van der Waals surface area contributed by atoms with Crippen LogP contribution in [0.3, 0.4) is 0 Å². The van der Waals surface area contributed by atoms with E-state index >= 15 is 0 Å². The second-order valence-corrected chi connectivity index (χ2v) is 5.14. The van der Waals surface area contributed by atoms with Crippen LogP contribution in [0, 0.1) is 0 Å². The van der Waals surface area contributed by atoms with E-state index in [2.05, 4.69) is 4.74 Å². The van der Waals surface area contributed by atoms with Gasteiger partial charge in [0.1, 0.15) is 19.0 Å². The first-order chi connectivity index (χ1) is 7.97. The molecule has 1 aromatic carbocycles. The van der Waals surface area contributed by atoms with E-state index in [1.165, 1.54) is 4.72 Å². The van der Waals surface area contributed by atoms with Crippen LogP contribution in [0.25, 0.3) is 0 Å². The zero-order valence-electron chi connectivity index (χ0n) is 8.63. The van der Waals surface area contributed by atoms with Crippen molar-refractivity contribution in [3.63, 3.8) is 0 Å². The molecule has 1 rings (SSSR count). The maximum absolute atomic E-state index is 10.8. The summed E-state index contributed by atoms with van der Waals surface area (Å²) in [5, 5.41) is 0. The quantitative estimate of drug-likeness (QED) is 0.648. The minimum atomic E-state index is -4.11. The summed E-state index contributed by atoms with van der Waals surface area (Å²) in [6.45, 7) is 0.0207. The maximum atomic E-state index is 10.8. The van der Waals surface area contributed by atoms with E-state index in [4.69, 9.17) is 15.4 Å². The fourth-order valence-corrected chi connectivity index (χ4v) is 1.39. The molecule has 0 radical (unpaired) electrons. The fraction of sp³-hybridized carbons (Fsp3) is 0.222. The van der Waals surface area contributed by atoms with Gasteiger partial charge in [-0.2, -0.15) is 8.42 Å². The molecular weight excluding hydrogens is 270 g/mol. The average molecular weight is 280 g/mol. The van der Waals surface area contributed by atoms with Gasteiger partial charge in [-0.05, 0) is 12.1 Å². The van der Waals surface area contributed by atoms with Crippen LogP contribution in [0.1, 0.15) is 0 Å². The molecule has 0 fully saturated rings. The molecule has 1 amide bonds. The molecule has 1 aromatic rings. The molecule has 17 heavy (non-hydrogen) atoms. The summed E-state index contributed by atoms with van der Waals surface area (Å²) in [4.78, 5) is 10.8. The molecule has 0 atom stereocenters. The van der Waals surface area contributed by atoms with Gasteiger partial charge in [-0.15, -0.1) is 0 Å². The topological polar surface area (TPSA) is 81.7 Å². The predicted molar refractivity (Wildman–Crippen MR) is 61.2 cm³/mol. The Labute approximate surface area is 103 Å². The monoisotopic (exact) mass is 279 g/mol. The zero-order valence-corrected chi connectivity index (χ0v) is 10.2. The number of carbonyl (C=O) groups excluding carboxylic acids is 1. The van der Waals surface area contributed by atoms with Crippen molar-refractivity contribution in [1.29, 1.82) is 0 Å². The van der Waals surface area contributed by atoms with Gasteiger partial charge < -0.3 is 9.47 Å². The van der Waals surface area contributed by atoms with Crippen LogP contribution in [-0.4, -0.2) is 27.7 Å². The lowest BCUT2D eigenvalue weighted by Crippen LogP contribution is -2.28. The van der Waals surface area contributed by atoms with E-state index in [9.17, 15) is 13.2 Å². The zero-order chi connectivity index (χ0) is 12.7. The van der Waals surface area contributed by atoms with Crippen LogP contribution in [0.5, 0.6) is 5.75 Å². The molecule has 0 spiro atoms. The molecule has 0 saturated carbocycles. The molecule has 94 valence electrons. The van der Waals surface area contributed by atoms with E-state index < -0.39 is 15.3 Å². The molecule has 8 heteroatoms. The Morgan fingerprint density at radius 2 is 1.88 bits per heavy atom. The Balaban J connectivity index is 2.19. The summed E-state index contributed by atoms with van der Waals surface area (Å²) < 4.78 is 32.0. The third kappa shape index (κ3) is 6.64. The smallest absolute Gasteiger partial charge is 0.421 e. The Morgan fingerprint density at radius 3 is 2.47 bits per heavy atom. The van der Waals surface area contributed by atoms with Gasteiger partial charge in [0.2, 0.25) is 0 Å². The Kier molecular flexibility index (Phi) is 5.05. The van der Waals surface area contributed by atoms with Gasteiger partial charge in [0.25, 0.3) is 0 Å². The highest BCUT2D eigenvalue weighted by Crippen LogP contribution is 2.07. The van der Waals surface area contributed by atoms with Crippen molar-refractivity contribution in [2.75, 3.05) is 13.2 Å². The van der Waals surface area contributed by atoms with E-state index in [1.54, 1.807) is 24.3 Å². The van der Waals surface area contributed by atoms with Crippen molar-refractivity contribution in [2.45, 2.75) is 0 Å². The lowest BCUT2D eigenvalue weighted by Gasteiger charge is -2.06. The van der Waals surface area contributed by atoms with Gasteiger partial charge in [0.15, 0.2) is 0 Å². The second-order valence-electron chi connectivity index (χ2n) is 2.84. The van der Waals surface area contributed by atoms with Crippen LogP contribution in [0.15, 0.2) is 30.3 Å². The molecule has 0 aromatic heterocycles. The van der Waals surface area contributed by atoms with Crippen molar-refractivity contribution in [3.8, 4) is 5.75 Å². The molecule has 0 saturated heterocycles. The predicted octanol–water partition coefficient (Wildman–Crippen LogP) is 1.28. The van der Waals surface area contributed by atoms with E-state index in [0.717, 1.165) is 0 Å². The SMILES string of the molecule is O=C(NS(=O)(=O)Cl)OCCOc1ccccc1. The highest BCUT2D eigenvalue weighted by molar-refractivity contribution is 8.12. The van der Waals surface area contributed by atoms with Gasteiger partial charge in [-0.25, -0.2) is 9.52 Å². The molecule has 6 nitrogen and oxygen atoms in total. The van der Waals surface area contributed by atoms with Crippen LogP contribution in [0.4, 0.5) is 4.79 Å². The highest BCUT2D eigenvalue weighted by atomic mass is 35.7. The largest absolute Gasteiger partial charge is 0.490 e. The number of carbonyl (C=O) groups is 1. The first-order valence-electron chi connectivity index (χ1n) is 4.54. The number of halogens is 1. The normalized spacial score (nSPS) is 10.6. The number of hydrogen-bond donors (Lipinski definition) is 1. The van der Waals surface area contributed by atoms with Crippen molar-refractivity contribution in [3.05, 3.63) is 30.3 Å². The number of para-hydroxylation sites is 1. The van der Waals surface area contributed by atoms with Gasteiger partial charge in [-0.1, -0.05) is 18.2 Å². The van der Waals surface area contributed by atoms with Crippen molar-refractivity contribution >= 4 is 26.0 Å². The molecule has 1 N–H and O–H groups in total. The summed E-state index contributed by atoms with van der Waals surface area (Å²) in [6.07, 6.45) is -1.14. The lowest BCUT2D eigenvalue weighted by atomic mass is 10.3. The third-order valence-electron chi connectivity index (χ3n) is 1.53. The molecule has 0 aliphatic heterocycles. The number of nitrogens with one attached hydrogen (secondary N) is 1. The molecule has 0 aliphatic rings. The molecule has 0 bridgehead atoms. The van der Waals surface area contributed by atoms with Gasteiger partial charge in [-0.3, -0.25) is 0 Å². The summed E-state index contributed by atoms with van der Waals surface area (Å²) in [6, 6.07) is 8.90. The Bertz CT molecular complexity index is 462. The van der Waals surface area contributed by atoms with E-state index in [1.807, 2.05) is 6.07 Å². The number of benzene rings is 1. The lowest BCUT2D eigenvalue weighted by molar-refractivity contribution is 0.130. The number of hydrogen-bond acceptors (Lipinski definition) is 5. The van der Waals surface area contributed by atoms with Gasteiger partial charge >= 0.3 is 15.3 Å². The summed E-state index contributed by atoms with van der Waals surface area (Å²) in [7, 11) is 0.660.